The Balaban J connectivity index is -0.00000338. The number of rotatable bonds is 19. The molecule has 1 N–H and O–H groups in total. The molecular weight excluding hydrogens is 355 g/mol. The van der Waals surface area contributed by atoms with Crippen LogP contribution in [0.5, 0.6) is 0 Å². The molecule has 3 nitrogen and oxygen atoms in total. The first-order chi connectivity index (χ1) is 13.0. The molecule has 4 heteroatoms. The molecule has 0 saturated heterocycles. The van der Waals surface area contributed by atoms with Crippen LogP contribution >= 0.6 is 0 Å². The Kier molecular flexibility index (Phi) is 24.2. The van der Waals surface area contributed by atoms with Crippen LogP contribution in [0.2, 0.25) is 0 Å². The maximum Gasteiger partial charge on any atom is 1.00 e. The van der Waals surface area contributed by atoms with E-state index in [0.29, 0.717) is 6.42 Å². The van der Waals surface area contributed by atoms with E-state index >= 15 is 0 Å². The monoisotopic (exact) mass is 406 g/mol. The van der Waals surface area contributed by atoms with Gasteiger partial charge in [0, 0.05) is 6.42 Å². The first kappa shape index (κ1) is 30.6. The average molecular weight is 407 g/mol. The van der Waals surface area contributed by atoms with Gasteiger partial charge in [-0.2, -0.15) is 0 Å². The molecule has 0 aliphatic rings. The van der Waals surface area contributed by atoms with Gasteiger partial charge in [0.25, 0.3) is 0 Å². The van der Waals surface area contributed by atoms with Crippen molar-refractivity contribution < 1.29 is 35.8 Å². The number of unbranched alkanes of at least 4 members (excludes halogenated alkanes) is 11. The van der Waals surface area contributed by atoms with Crippen molar-refractivity contribution in [3.63, 3.8) is 0 Å². The molecule has 0 aromatic carbocycles. The molecule has 28 heavy (non-hydrogen) atoms. The van der Waals surface area contributed by atoms with Crippen molar-refractivity contribution in [2.24, 2.45) is 5.92 Å². The molecule has 0 rings (SSSR count). The SMILES string of the molecule is CCCC(NC(=O)CCCCCCCCCCCCCCC(C)C)N(C)C.[H-].[Na+]. The summed E-state index contributed by atoms with van der Waals surface area (Å²) in [5, 5.41) is 3.15. The molecule has 0 aromatic rings. The van der Waals surface area contributed by atoms with Gasteiger partial charge >= 0.3 is 29.6 Å². The van der Waals surface area contributed by atoms with E-state index in [9.17, 15) is 4.79 Å². The molecule has 0 aliphatic carbocycles. The Morgan fingerprint density at radius 1 is 0.786 bits per heavy atom. The van der Waals surface area contributed by atoms with Crippen molar-refractivity contribution in [2.45, 2.75) is 130 Å². The number of nitrogens with one attached hydrogen (secondary N) is 1. The summed E-state index contributed by atoms with van der Waals surface area (Å²) >= 11 is 0. The molecule has 1 atom stereocenters. The number of carbonyl (C=O) groups is 1. The Bertz CT molecular complexity index is 341. The third kappa shape index (κ3) is 21.1. The summed E-state index contributed by atoms with van der Waals surface area (Å²) in [6, 6.07) is 0. The van der Waals surface area contributed by atoms with Crippen LogP contribution < -0.4 is 34.9 Å². The standard InChI is InChI=1S/C24H50N2O.Na.H/c1-6-19-23(26(4)5)25-24(27)21-18-16-14-12-10-8-7-9-11-13-15-17-20-22(2)3;;/h22-23H,6-21H2,1-5H3,(H,25,27);;/q;+1;-1. The molecule has 1 amide bonds. The van der Waals surface area contributed by atoms with Gasteiger partial charge in [0.2, 0.25) is 5.91 Å². The van der Waals surface area contributed by atoms with Crippen molar-refractivity contribution in [3.8, 4) is 0 Å². The van der Waals surface area contributed by atoms with Gasteiger partial charge in [0.15, 0.2) is 0 Å². The van der Waals surface area contributed by atoms with Crippen molar-refractivity contribution in [3.05, 3.63) is 0 Å². The minimum absolute atomic E-state index is 0. The van der Waals surface area contributed by atoms with Crippen molar-refractivity contribution in [2.75, 3.05) is 14.1 Å². The molecule has 0 fully saturated rings. The molecule has 0 aromatic heterocycles. The quantitative estimate of drug-likeness (QED) is 0.200. The van der Waals surface area contributed by atoms with E-state index in [-0.39, 0.29) is 43.1 Å². The van der Waals surface area contributed by atoms with Crippen LogP contribution in [0.4, 0.5) is 0 Å². The van der Waals surface area contributed by atoms with Crippen LogP contribution in [0.15, 0.2) is 0 Å². The zero-order valence-electron chi connectivity index (χ0n) is 21.3. The third-order valence-corrected chi connectivity index (χ3v) is 5.45. The van der Waals surface area contributed by atoms with Crippen molar-refractivity contribution >= 4 is 5.91 Å². The second-order valence-corrected chi connectivity index (χ2v) is 9.01. The molecule has 0 heterocycles. The van der Waals surface area contributed by atoms with E-state index in [0.717, 1.165) is 25.2 Å². The summed E-state index contributed by atoms with van der Waals surface area (Å²) in [5.41, 5.74) is 0. The topological polar surface area (TPSA) is 32.3 Å². The first-order valence-electron chi connectivity index (χ1n) is 11.9. The van der Waals surface area contributed by atoms with Crippen LogP contribution in [-0.4, -0.2) is 31.1 Å². The van der Waals surface area contributed by atoms with Crippen LogP contribution in [0.3, 0.4) is 0 Å². The van der Waals surface area contributed by atoms with Crippen LogP contribution in [0.25, 0.3) is 0 Å². The number of hydrogen-bond donors (Lipinski definition) is 1. The van der Waals surface area contributed by atoms with E-state index in [1.54, 1.807) is 0 Å². The van der Waals surface area contributed by atoms with E-state index in [2.05, 4.69) is 31.0 Å². The second-order valence-electron chi connectivity index (χ2n) is 9.01. The molecule has 0 aliphatic heterocycles. The molecule has 0 spiro atoms. The number of amides is 1. The second kappa shape index (κ2) is 22.1. The Labute approximate surface area is 201 Å². The zero-order chi connectivity index (χ0) is 20.3. The maximum absolute atomic E-state index is 12.0. The molecule has 0 bridgehead atoms. The van der Waals surface area contributed by atoms with Gasteiger partial charge in [0.05, 0.1) is 6.17 Å². The van der Waals surface area contributed by atoms with Gasteiger partial charge in [-0.15, -0.1) is 0 Å². The normalized spacial score (nSPS) is 12.2. The van der Waals surface area contributed by atoms with Gasteiger partial charge in [-0.1, -0.05) is 104 Å². The number of carbonyl (C=O) groups excluding carboxylic acids is 1. The smallest absolute Gasteiger partial charge is 1.00 e. The van der Waals surface area contributed by atoms with Crippen molar-refractivity contribution in [1.29, 1.82) is 0 Å². The van der Waals surface area contributed by atoms with Crippen molar-refractivity contribution in [1.82, 2.24) is 10.2 Å². The summed E-state index contributed by atoms with van der Waals surface area (Å²) in [6.45, 7) is 6.81. The van der Waals surface area contributed by atoms with Gasteiger partial charge in [-0.3, -0.25) is 9.69 Å². The molecular formula is C24H51N2NaO. The summed E-state index contributed by atoms with van der Waals surface area (Å²) in [5.74, 6) is 1.09. The fraction of sp³-hybridized carbons (Fsp3) is 0.958. The Morgan fingerprint density at radius 3 is 1.61 bits per heavy atom. The summed E-state index contributed by atoms with van der Waals surface area (Å²) in [7, 11) is 4.07. The Morgan fingerprint density at radius 2 is 1.21 bits per heavy atom. The first-order valence-corrected chi connectivity index (χ1v) is 11.9. The van der Waals surface area contributed by atoms with Gasteiger partial charge in [0.1, 0.15) is 0 Å². The predicted octanol–water partition coefficient (Wildman–Crippen LogP) is 4.02. The van der Waals surface area contributed by atoms with Gasteiger partial charge in [-0.25, -0.2) is 0 Å². The van der Waals surface area contributed by atoms with Gasteiger partial charge < -0.3 is 6.74 Å². The predicted molar refractivity (Wildman–Crippen MR) is 121 cm³/mol. The summed E-state index contributed by atoms with van der Waals surface area (Å²) in [4.78, 5) is 14.1. The van der Waals surface area contributed by atoms with E-state index < -0.39 is 0 Å². The van der Waals surface area contributed by atoms with E-state index in [1.807, 2.05) is 14.1 Å². The van der Waals surface area contributed by atoms with Crippen LogP contribution in [0.1, 0.15) is 125 Å². The van der Waals surface area contributed by atoms with Crippen LogP contribution in [-0.2, 0) is 4.79 Å². The fourth-order valence-corrected chi connectivity index (χ4v) is 3.60. The fourth-order valence-electron chi connectivity index (χ4n) is 3.60. The average Bonchev–Trinajstić information content (AvgIpc) is 2.61. The molecule has 0 saturated carbocycles. The minimum atomic E-state index is 0. The third-order valence-electron chi connectivity index (χ3n) is 5.45. The van der Waals surface area contributed by atoms with E-state index in [4.69, 9.17) is 0 Å². The van der Waals surface area contributed by atoms with Crippen LogP contribution in [0, 0.1) is 5.92 Å². The molecule has 0 radical (unpaired) electrons. The molecule has 164 valence electrons. The summed E-state index contributed by atoms with van der Waals surface area (Å²) < 4.78 is 0. The van der Waals surface area contributed by atoms with E-state index in [1.165, 1.54) is 77.0 Å². The largest absolute Gasteiger partial charge is 1.00 e. The Hall–Kier alpha value is 0.430. The minimum Gasteiger partial charge on any atom is -1.00 e. The maximum atomic E-state index is 12.0. The number of nitrogens with zero attached hydrogens (tertiary/aromatic N) is 1. The van der Waals surface area contributed by atoms with Gasteiger partial charge in [-0.05, 0) is 32.9 Å². The number of hydrogen-bond acceptors (Lipinski definition) is 2. The zero-order valence-corrected chi connectivity index (χ0v) is 22.3. The summed E-state index contributed by atoms with van der Waals surface area (Å²) in [6.07, 6.45) is 20.6. The molecule has 1 unspecified atom stereocenters.